The number of nitrogens with zero attached hydrogens (tertiary/aromatic N) is 1. The number of rotatable bonds is 5. The van der Waals surface area contributed by atoms with E-state index in [1.807, 2.05) is 0 Å². The van der Waals surface area contributed by atoms with Crippen LogP contribution in [0, 0.1) is 13.8 Å². The summed E-state index contributed by atoms with van der Waals surface area (Å²) in [6.07, 6.45) is 1.16. The molecule has 2 unspecified atom stereocenters. The van der Waals surface area contributed by atoms with Crippen molar-refractivity contribution >= 4 is 0 Å². The summed E-state index contributed by atoms with van der Waals surface area (Å²) in [7, 11) is 2.15. The van der Waals surface area contributed by atoms with Gasteiger partial charge in [-0.2, -0.15) is 0 Å². The Kier molecular flexibility index (Phi) is 5.16. The zero-order valence-electron chi connectivity index (χ0n) is 11.8. The first kappa shape index (κ1) is 14.2. The fraction of sp³-hybridized carbons (Fsp3) is 0.600. The van der Waals surface area contributed by atoms with Crippen LogP contribution in [0.25, 0.3) is 0 Å². The first-order valence-electron chi connectivity index (χ1n) is 6.48. The van der Waals surface area contributed by atoms with Gasteiger partial charge in [-0.3, -0.25) is 0 Å². The van der Waals surface area contributed by atoms with E-state index in [1.165, 1.54) is 16.7 Å². The van der Waals surface area contributed by atoms with Crippen LogP contribution in [0.4, 0.5) is 0 Å². The highest BCUT2D eigenvalue weighted by Gasteiger charge is 2.14. The van der Waals surface area contributed by atoms with Crippen LogP contribution in [0.5, 0.6) is 0 Å². The molecule has 96 valence electrons. The van der Waals surface area contributed by atoms with Gasteiger partial charge in [-0.1, -0.05) is 30.7 Å². The second-order valence-corrected chi connectivity index (χ2v) is 5.16. The summed E-state index contributed by atoms with van der Waals surface area (Å²) < 4.78 is 0. The van der Waals surface area contributed by atoms with E-state index < -0.39 is 0 Å². The fourth-order valence-corrected chi connectivity index (χ4v) is 2.14. The monoisotopic (exact) mass is 234 g/mol. The summed E-state index contributed by atoms with van der Waals surface area (Å²) in [5.41, 5.74) is 10.2. The van der Waals surface area contributed by atoms with E-state index in [-0.39, 0.29) is 6.04 Å². The predicted octanol–water partition coefficient (Wildman–Crippen LogP) is 3.03. The van der Waals surface area contributed by atoms with Crippen molar-refractivity contribution in [1.82, 2.24) is 4.90 Å². The van der Waals surface area contributed by atoms with E-state index in [4.69, 9.17) is 5.73 Å². The molecule has 17 heavy (non-hydrogen) atoms. The Hall–Kier alpha value is -0.860. The SMILES string of the molecule is CCC(C)N(C)CC(N)c1ccc(C)cc1C. The van der Waals surface area contributed by atoms with Crippen molar-refractivity contribution < 1.29 is 0 Å². The zero-order chi connectivity index (χ0) is 13.0. The van der Waals surface area contributed by atoms with Crippen LogP contribution < -0.4 is 5.73 Å². The van der Waals surface area contributed by atoms with Crippen molar-refractivity contribution in [3.05, 3.63) is 34.9 Å². The molecule has 1 aromatic carbocycles. The molecule has 2 heteroatoms. The Balaban J connectivity index is 2.72. The van der Waals surface area contributed by atoms with Crippen molar-refractivity contribution in [1.29, 1.82) is 0 Å². The molecule has 0 aromatic heterocycles. The van der Waals surface area contributed by atoms with Gasteiger partial charge in [0.15, 0.2) is 0 Å². The lowest BCUT2D eigenvalue weighted by molar-refractivity contribution is 0.237. The summed E-state index contributed by atoms with van der Waals surface area (Å²) in [5, 5.41) is 0. The Bertz CT molecular complexity index is 360. The molecule has 1 rings (SSSR count). The summed E-state index contributed by atoms with van der Waals surface area (Å²) in [6, 6.07) is 7.21. The largest absolute Gasteiger partial charge is 0.323 e. The third-order valence-corrected chi connectivity index (χ3v) is 3.65. The number of likely N-dealkylation sites (N-methyl/N-ethyl adjacent to an activating group) is 1. The molecule has 0 heterocycles. The lowest BCUT2D eigenvalue weighted by Crippen LogP contribution is -2.35. The van der Waals surface area contributed by atoms with E-state index in [0.29, 0.717) is 6.04 Å². The average molecular weight is 234 g/mol. The van der Waals surface area contributed by atoms with Crippen LogP contribution in [0.2, 0.25) is 0 Å². The van der Waals surface area contributed by atoms with Crippen LogP contribution in [0.1, 0.15) is 43.0 Å². The van der Waals surface area contributed by atoms with E-state index in [9.17, 15) is 0 Å². The predicted molar refractivity (Wildman–Crippen MR) is 75.2 cm³/mol. The Morgan fingerprint density at radius 2 is 1.94 bits per heavy atom. The topological polar surface area (TPSA) is 29.3 Å². The lowest BCUT2D eigenvalue weighted by atomic mass is 9.99. The number of benzene rings is 1. The van der Waals surface area contributed by atoms with Gasteiger partial charge in [0.2, 0.25) is 0 Å². The maximum Gasteiger partial charge on any atom is 0.0426 e. The molecule has 0 radical (unpaired) electrons. The standard InChI is InChI=1S/C15H26N2/c1-6-13(4)17(5)10-15(16)14-8-7-11(2)9-12(14)3/h7-9,13,15H,6,10,16H2,1-5H3. The fourth-order valence-electron chi connectivity index (χ4n) is 2.14. The molecule has 2 atom stereocenters. The van der Waals surface area contributed by atoms with Gasteiger partial charge in [-0.25, -0.2) is 0 Å². The van der Waals surface area contributed by atoms with Gasteiger partial charge >= 0.3 is 0 Å². The lowest BCUT2D eigenvalue weighted by Gasteiger charge is -2.27. The molecule has 0 bridgehead atoms. The molecule has 0 aliphatic rings. The maximum absolute atomic E-state index is 6.30. The Morgan fingerprint density at radius 3 is 2.47 bits per heavy atom. The molecule has 0 aliphatic heterocycles. The molecule has 1 aromatic rings. The van der Waals surface area contributed by atoms with E-state index in [2.05, 4.69) is 57.8 Å². The minimum absolute atomic E-state index is 0.106. The molecule has 2 N–H and O–H groups in total. The molecule has 2 nitrogen and oxygen atoms in total. The highest BCUT2D eigenvalue weighted by molar-refractivity contribution is 5.32. The quantitative estimate of drug-likeness (QED) is 0.848. The van der Waals surface area contributed by atoms with Crippen LogP contribution >= 0.6 is 0 Å². The van der Waals surface area contributed by atoms with Crippen LogP contribution in [0.3, 0.4) is 0 Å². The third-order valence-electron chi connectivity index (χ3n) is 3.65. The van der Waals surface area contributed by atoms with E-state index in [0.717, 1.165) is 13.0 Å². The molecule has 0 spiro atoms. The van der Waals surface area contributed by atoms with Gasteiger partial charge in [-0.15, -0.1) is 0 Å². The summed E-state index contributed by atoms with van der Waals surface area (Å²) in [5.74, 6) is 0. The normalized spacial score (nSPS) is 15.0. The highest BCUT2D eigenvalue weighted by atomic mass is 15.1. The number of hydrogen-bond donors (Lipinski definition) is 1. The van der Waals surface area contributed by atoms with Crippen molar-refractivity contribution in [3.8, 4) is 0 Å². The maximum atomic E-state index is 6.30. The molecule has 0 saturated carbocycles. The third kappa shape index (κ3) is 3.83. The Labute approximate surface area is 106 Å². The smallest absolute Gasteiger partial charge is 0.0426 e. The molecule has 0 aliphatic carbocycles. The van der Waals surface area contributed by atoms with Crippen LogP contribution in [-0.4, -0.2) is 24.5 Å². The number of nitrogens with two attached hydrogens (primary N) is 1. The van der Waals surface area contributed by atoms with Gasteiger partial charge in [0.25, 0.3) is 0 Å². The van der Waals surface area contributed by atoms with Gasteiger partial charge in [0.05, 0.1) is 0 Å². The molecular weight excluding hydrogens is 208 g/mol. The van der Waals surface area contributed by atoms with Crippen molar-refractivity contribution in [2.45, 2.75) is 46.2 Å². The van der Waals surface area contributed by atoms with E-state index in [1.54, 1.807) is 0 Å². The van der Waals surface area contributed by atoms with Crippen molar-refractivity contribution in [2.24, 2.45) is 5.73 Å². The van der Waals surface area contributed by atoms with Gasteiger partial charge in [-0.05, 0) is 45.4 Å². The minimum Gasteiger partial charge on any atom is -0.323 e. The number of aryl methyl sites for hydroxylation is 2. The van der Waals surface area contributed by atoms with E-state index >= 15 is 0 Å². The Morgan fingerprint density at radius 1 is 1.29 bits per heavy atom. The van der Waals surface area contributed by atoms with Crippen molar-refractivity contribution in [2.75, 3.05) is 13.6 Å². The molecule has 0 amide bonds. The second kappa shape index (κ2) is 6.18. The number of hydrogen-bond acceptors (Lipinski definition) is 2. The summed E-state index contributed by atoms with van der Waals surface area (Å²) >= 11 is 0. The first-order chi connectivity index (χ1) is 7.95. The van der Waals surface area contributed by atoms with Crippen LogP contribution in [-0.2, 0) is 0 Å². The summed E-state index contributed by atoms with van der Waals surface area (Å²) in [6.45, 7) is 9.64. The molecular formula is C15H26N2. The first-order valence-corrected chi connectivity index (χ1v) is 6.48. The van der Waals surface area contributed by atoms with Gasteiger partial charge in [0.1, 0.15) is 0 Å². The average Bonchev–Trinajstić information content (AvgIpc) is 2.27. The zero-order valence-corrected chi connectivity index (χ0v) is 11.8. The highest BCUT2D eigenvalue weighted by Crippen LogP contribution is 2.18. The van der Waals surface area contributed by atoms with Gasteiger partial charge < -0.3 is 10.6 Å². The second-order valence-electron chi connectivity index (χ2n) is 5.16. The molecule has 0 saturated heterocycles. The molecule has 0 fully saturated rings. The summed E-state index contributed by atoms with van der Waals surface area (Å²) in [4.78, 5) is 2.34. The van der Waals surface area contributed by atoms with Crippen molar-refractivity contribution in [3.63, 3.8) is 0 Å². The van der Waals surface area contributed by atoms with Crippen LogP contribution in [0.15, 0.2) is 18.2 Å². The van der Waals surface area contributed by atoms with Gasteiger partial charge in [0, 0.05) is 18.6 Å². The minimum atomic E-state index is 0.106.